The van der Waals surface area contributed by atoms with Gasteiger partial charge in [0.1, 0.15) is 0 Å². The van der Waals surface area contributed by atoms with Crippen LogP contribution in [0.3, 0.4) is 0 Å². The predicted octanol–water partition coefficient (Wildman–Crippen LogP) is 1.40. The molecule has 1 atom stereocenters. The highest BCUT2D eigenvalue weighted by molar-refractivity contribution is 7.79. The van der Waals surface area contributed by atoms with Gasteiger partial charge in [-0.15, -0.1) is 0 Å². The third-order valence-electron chi connectivity index (χ3n) is 2.07. The molecule has 0 saturated carbocycles. The first-order chi connectivity index (χ1) is 7.95. The van der Waals surface area contributed by atoms with Crippen molar-refractivity contribution in [3.8, 4) is 0 Å². The lowest BCUT2D eigenvalue weighted by Gasteiger charge is -2.22. The largest absolute Gasteiger partial charge is 0.771 e. The number of rotatable bonds is 4. The number of halogens is 1. The smallest absolute Gasteiger partial charge is 0.340 e. The molecule has 0 aliphatic rings. The number of hydrogen-bond acceptors (Lipinski definition) is 5. The van der Waals surface area contributed by atoms with Crippen LogP contribution in [-0.2, 0) is 15.8 Å². The zero-order chi connectivity index (χ0) is 13.0. The van der Waals surface area contributed by atoms with Crippen molar-refractivity contribution in [3.63, 3.8) is 0 Å². The molecular formula is C10H11ClNO4S-. The normalized spacial score (nSPS) is 12.0. The Morgan fingerprint density at radius 1 is 1.59 bits per heavy atom. The zero-order valence-corrected chi connectivity index (χ0v) is 10.9. The van der Waals surface area contributed by atoms with Crippen molar-refractivity contribution in [3.05, 3.63) is 28.8 Å². The topological polar surface area (TPSA) is 69.7 Å². The first-order valence-electron chi connectivity index (χ1n) is 4.60. The highest BCUT2D eigenvalue weighted by atomic mass is 35.5. The van der Waals surface area contributed by atoms with E-state index in [9.17, 15) is 13.6 Å². The van der Waals surface area contributed by atoms with Crippen molar-refractivity contribution >= 4 is 34.3 Å². The Hall–Kier alpha value is -1.11. The van der Waals surface area contributed by atoms with Crippen molar-refractivity contribution in [2.75, 3.05) is 24.9 Å². The van der Waals surface area contributed by atoms with Crippen LogP contribution in [0.25, 0.3) is 0 Å². The Labute approximate surface area is 107 Å². The van der Waals surface area contributed by atoms with Gasteiger partial charge in [-0.3, -0.25) is 4.21 Å². The Balaban J connectivity index is 3.13. The van der Waals surface area contributed by atoms with Crippen molar-refractivity contribution in [1.29, 1.82) is 0 Å². The van der Waals surface area contributed by atoms with Crippen LogP contribution in [0.4, 0.5) is 5.69 Å². The summed E-state index contributed by atoms with van der Waals surface area (Å²) in [5, 5.41) is 0.380. The van der Waals surface area contributed by atoms with Crippen molar-refractivity contribution in [2.24, 2.45) is 0 Å². The lowest BCUT2D eigenvalue weighted by Crippen LogP contribution is -2.24. The van der Waals surface area contributed by atoms with Gasteiger partial charge < -0.3 is 14.2 Å². The van der Waals surface area contributed by atoms with E-state index in [0.29, 0.717) is 10.7 Å². The SMILES string of the molecule is COC(=O)c1cc(Cl)ccc1N(C)CS(=O)[O-]. The molecule has 0 saturated heterocycles. The fraction of sp³-hybridized carbons (Fsp3) is 0.300. The van der Waals surface area contributed by atoms with Crippen molar-refractivity contribution < 1.29 is 18.3 Å². The molecule has 1 aromatic rings. The van der Waals surface area contributed by atoms with Crippen LogP contribution < -0.4 is 4.90 Å². The molecule has 0 fully saturated rings. The van der Waals surface area contributed by atoms with Crippen LogP contribution in [0.1, 0.15) is 10.4 Å². The summed E-state index contributed by atoms with van der Waals surface area (Å²) < 4.78 is 25.8. The molecule has 0 heterocycles. The van der Waals surface area contributed by atoms with Gasteiger partial charge in [0.2, 0.25) is 0 Å². The molecule has 1 rings (SSSR count). The molecule has 17 heavy (non-hydrogen) atoms. The highest BCUT2D eigenvalue weighted by Gasteiger charge is 2.15. The summed E-state index contributed by atoms with van der Waals surface area (Å²) in [4.78, 5) is 12.9. The molecule has 0 amide bonds. The maximum atomic E-state index is 11.5. The number of hydrogen-bond donors (Lipinski definition) is 0. The number of carbonyl (C=O) groups is 1. The number of benzene rings is 1. The van der Waals surface area contributed by atoms with Gasteiger partial charge in [-0.25, -0.2) is 4.79 Å². The lowest BCUT2D eigenvalue weighted by molar-refractivity contribution is 0.0601. The molecule has 1 unspecified atom stereocenters. The second kappa shape index (κ2) is 6.00. The molecule has 0 aliphatic carbocycles. The van der Waals surface area contributed by atoms with Crippen molar-refractivity contribution in [2.45, 2.75) is 0 Å². The monoisotopic (exact) mass is 276 g/mol. The molecule has 94 valence electrons. The fourth-order valence-corrected chi connectivity index (χ4v) is 1.97. The van der Waals surface area contributed by atoms with Gasteiger partial charge in [0.05, 0.1) is 24.2 Å². The first kappa shape index (κ1) is 14.0. The Bertz CT molecular complexity index is 452. The minimum Gasteiger partial charge on any atom is -0.771 e. The molecule has 1 aromatic carbocycles. The average Bonchev–Trinajstić information content (AvgIpc) is 2.26. The second-order valence-electron chi connectivity index (χ2n) is 3.28. The van der Waals surface area contributed by atoms with Crippen LogP contribution in [0.5, 0.6) is 0 Å². The van der Waals surface area contributed by atoms with Crippen LogP contribution in [0.15, 0.2) is 18.2 Å². The number of esters is 1. The molecule has 5 nitrogen and oxygen atoms in total. The van der Waals surface area contributed by atoms with E-state index in [4.69, 9.17) is 11.6 Å². The van der Waals surface area contributed by atoms with E-state index in [2.05, 4.69) is 4.74 Å². The number of anilines is 1. The van der Waals surface area contributed by atoms with E-state index < -0.39 is 17.0 Å². The van der Waals surface area contributed by atoms with E-state index in [-0.39, 0.29) is 11.4 Å². The summed E-state index contributed by atoms with van der Waals surface area (Å²) in [6, 6.07) is 4.59. The summed E-state index contributed by atoms with van der Waals surface area (Å²) in [5.74, 6) is -0.781. The Morgan fingerprint density at radius 3 is 2.76 bits per heavy atom. The van der Waals surface area contributed by atoms with Gasteiger partial charge >= 0.3 is 5.97 Å². The first-order valence-corrected chi connectivity index (χ1v) is 6.22. The van der Waals surface area contributed by atoms with Gasteiger partial charge in [-0.2, -0.15) is 0 Å². The zero-order valence-electron chi connectivity index (χ0n) is 9.31. The number of methoxy groups -OCH3 is 1. The average molecular weight is 277 g/mol. The van der Waals surface area contributed by atoms with Gasteiger partial charge in [0, 0.05) is 12.1 Å². The van der Waals surface area contributed by atoms with Crippen LogP contribution >= 0.6 is 11.6 Å². The summed E-state index contributed by atoms with van der Waals surface area (Å²) in [5.41, 5.74) is 0.679. The van der Waals surface area contributed by atoms with E-state index in [1.807, 2.05) is 0 Å². The molecule has 0 bridgehead atoms. The summed E-state index contributed by atoms with van der Waals surface area (Å²) >= 11 is 3.55. The van der Waals surface area contributed by atoms with Crippen LogP contribution in [-0.4, -0.2) is 34.8 Å². The summed E-state index contributed by atoms with van der Waals surface area (Å²) in [6.45, 7) is 0. The van der Waals surface area contributed by atoms with Gasteiger partial charge in [0.25, 0.3) is 0 Å². The lowest BCUT2D eigenvalue weighted by atomic mass is 10.1. The molecule has 0 aliphatic heterocycles. The molecule has 0 radical (unpaired) electrons. The Kier molecular flexibility index (Phi) is 4.92. The summed E-state index contributed by atoms with van der Waals surface area (Å²) in [6.07, 6.45) is 0. The third-order valence-corrected chi connectivity index (χ3v) is 2.91. The predicted molar refractivity (Wildman–Crippen MR) is 65.0 cm³/mol. The molecule has 0 aromatic heterocycles. The quantitative estimate of drug-likeness (QED) is 0.614. The maximum absolute atomic E-state index is 11.5. The van der Waals surface area contributed by atoms with Crippen LogP contribution in [0.2, 0.25) is 5.02 Å². The third kappa shape index (κ3) is 3.69. The fourth-order valence-electron chi connectivity index (χ4n) is 1.34. The molecular weight excluding hydrogens is 266 g/mol. The summed E-state index contributed by atoms with van der Waals surface area (Å²) in [7, 11) is 2.81. The second-order valence-corrected chi connectivity index (χ2v) is 4.59. The van der Waals surface area contributed by atoms with Gasteiger partial charge in [0.15, 0.2) is 0 Å². The van der Waals surface area contributed by atoms with E-state index in [0.717, 1.165) is 0 Å². The maximum Gasteiger partial charge on any atom is 0.340 e. The van der Waals surface area contributed by atoms with E-state index in [1.165, 1.54) is 18.1 Å². The standard InChI is InChI=1S/C10H12ClNO4S/c1-12(6-17(14)15)9-4-3-7(11)5-8(9)10(13)16-2/h3-5H,6H2,1-2H3,(H,14,15)/p-1. The number of ether oxygens (including phenoxy) is 1. The highest BCUT2D eigenvalue weighted by Crippen LogP contribution is 2.24. The minimum atomic E-state index is -2.23. The molecule has 7 heteroatoms. The van der Waals surface area contributed by atoms with Crippen molar-refractivity contribution in [1.82, 2.24) is 0 Å². The van der Waals surface area contributed by atoms with E-state index in [1.54, 1.807) is 19.2 Å². The number of nitrogens with zero attached hydrogens (tertiary/aromatic N) is 1. The minimum absolute atomic E-state index is 0.217. The van der Waals surface area contributed by atoms with E-state index >= 15 is 0 Å². The van der Waals surface area contributed by atoms with Crippen LogP contribution in [0, 0.1) is 0 Å². The van der Waals surface area contributed by atoms with Gasteiger partial charge in [-0.1, -0.05) is 11.6 Å². The molecule has 0 N–H and O–H groups in total. The number of carbonyl (C=O) groups excluding carboxylic acids is 1. The molecule has 0 spiro atoms. The Morgan fingerprint density at radius 2 is 2.24 bits per heavy atom. The van der Waals surface area contributed by atoms with Gasteiger partial charge in [-0.05, 0) is 29.3 Å².